The number of pyridine rings is 1. The molecule has 0 saturated carbocycles. The topological polar surface area (TPSA) is 63.7 Å². The number of benzene rings is 2. The lowest BCUT2D eigenvalue weighted by Crippen LogP contribution is -2.53. The van der Waals surface area contributed by atoms with Gasteiger partial charge in [-0.1, -0.05) is 12.1 Å². The van der Waals surface area contributed by atoms with Crippen molar-refractivity contribution in [1.82, 2.24) is 15.4 Å². The summed E-state index contributed by atoms with van der Waals surface area (Å²) in [5.74, 6) is 1.02. The van der Waals surface area contributed by atoms with Crippen molar-refractivity contribution in [1.29, 1.82) is 0 Å². The van der Waals surface area contributed by atoms with Crippen molar-refractivity contribution in [2.24, 2.45) is 0 Å². The summed E-state index contributed by atoms with van der Waals surface area (Å²) in [7, 11) is 1.46. The highest BCUT2D eigenvalue weighted by molar-refractivity contribution is 5.89. The largest absolute Gasteiger partial charge is 0.487 e. The van der Waals surface area contributed by atoms with Gasteiger partial charge in [0.2, 0.25) is 0 Å². The van der Waals surface area contributed by atoms with Crippen LogP contribution in [0.2, 0.25) is 0 Å². The molecule has 32 heavy (non-hydrogen) atoms. The molecule has 166 valence electrons. The summed E-state index contributed by atoms with van der Waals surface area (Å²) >= 11 is 0. The summed E-state index contributed by atoms with van der Waals surface area (Å²) in [4.78, 5) is 23.0. The van der Waals surface area contributed by atoms with Crippen LogP contribution in [0, 0.1) is 13.8 Å². The van der Waals surface area contributed by atoms with E-state index in [1.807, 2.05) is 13.1 Å². The van der Waals surface area contributed by atoms with E-state index in [9.17, 15) is 4.79 Å². The van der Waals surface area contributed by atoms with E-state index in [4.69, 9.17) is 9.57 Å². The normalized spacial score (nSPS) is 17.2. The van der Waals surface area contributed by atoms with Gasteiger partial charge in [0, 0.05) is 43.2 Å². The third-order valence-corrected chi connectivity index (χ3v) is 6.97. The third-order valence-electron chi connectivity index (χ3n) is 6.97. The van der Waals surface area contributed by atoms with Gasteiger partial charge in [0.15, 0.2) is 0 Å². The molecule has 3 heterocycles. The molecule has 6 nitrogen and oxygen atoms in total. The fourth-order valence-corrected chi connectivity index (χ4v) is 5.11. The molecular formula is C26H29N3O3. The van der Waals surface area contributed by atoms with Crippen LogP contribution in [0.5, 0.6) is 5.75 Å². The number of aryl methyl sites for hydroxylation is 3. The number of piperidine rings is 1. The third kappa shape index (κ3) is 3.69. The number of fused-ring (bicyclic) bond motifs is 2. The smallest absolute Gasteiger partial charge is 0.341 e. The fourth-order valence-electron chi connectivity index (χ4n) is 5.11. The van der Waals surface area contributed by atoms with E-state index in [2.05, 4.69) is 53.8 Å². The van der Waals surface area contributed by atoms with Crippen LogP contribution in [0.25, 0.3) is 21.9 Å². The molecule has 1 aromatic heterocycles. The Hall–Kier alpha value is -3.12. The van der Waals surface area contributed by atoms with Crippen molar-refractivity contribution in [2.75, 3.05) is 20.2 Å². The molecule has 3 aromatic rings. The van der Waals surface area contributed by atoms with Gasteiger partial charge in [-0.3, -0.25) is 9.82 Å². The Kier molecular flexibility index (Phi) is 5.25. The molecule has 0 radical (unpaired) electrons. The van der Waals surface area contributed by atoms with E-state index < -0.39 is 0 Å². The van der Waals surface area contributed by atoms with Gasteiger partial charge < -0.3 is 9.64 Å². The molecule has 1 spiro atoms. The molecule has 2 aromatic carbocycles. The minimum absolute atomic E-state index is 0.180. The number of amides is 2. The standard InChI is InChI=1S/C26H29N3O3/c1-17-14-22(19-4-5-23-18(2)27-11-7-20(23)15-19)16-21-6-8-26(32-24(17)21)9-12-29(13-10-26)25(30)28-31-3/h4-5,7,11,14-16H,6,8-10,12-13H2,1-3H3,(H,28,30). The zero-order valence-electron chi connectivity index (χ0n) is 18.9. The van der Waals surface area contributed by atoms with Crippen LogP contribution in [0.4, 0.5) is 4.79 Å². The SMILES string of the molecule is CONC(=O)N1CCC2(CCc3cc(-c4ccc5c(C)nccc5c4)cc(C)c3O2)CC1. The zero-order valence-corrected chi connectivity index (χ0v) is 18.9. The second-order valence-corrected chi connectivity index (χ2v) is 9.00. The fraction of sp³-hybridized carbons (Fsp3) is 0.385. The average molecular weight is 432 g/mol. The number of ether oxygens (including phenoxy) is 1. The minimum atomic E-state index is -0.184. The van der Waals surface area contributed by atoms with Crippen molar-refractivity contribution in [2.45, 2.75) is 45.1 Å². The maximum absolute atomic E-state index is 12.0. The van der Waals surface area contributed by atoms with Crippen LogP contribution in [0.3, 0.4) is 0 Å². The lowest BCUT2D eigenvalue weighted by molar-refractivity contribution is -0.0112. The Balaban J connectivity index is 1.38. The predicted molar refractivity (Wildman–Crippen MR) is 125 cm³/mol. The van der Waals surface area contributed by atoms with Gasteiger partial charge in [-0.15, -0.1) is 0 Å². The van der Waals surface area contributed by atoms with E-state index in [0.29, 0.717) is 13.1 Å². The summed E-state index contributed by atoms with van der Waals surface area (Å²) in [6, 6.07) is 13.0. The monoisotopic (exact) mass is 431 g/mol. The lowest BCUT2D eigenvalue weighted by atomic mass is 9.82. The molecule has 1 fully saturated rings. The van der Waals surface area contributed by atoms with E-state index in [-0.39, 0.29) is 11.6 Å². The van der Waals surface area contributed by atoms with Crippen LogP contribution in [0.1, 0.15) is 36.1 Å². The highest BCUT2D eigenvalue weighted by Gasteiger charge is 2.41. The Morgan fingerprint density at radius 2 is 1.91 bits per heavy atom. The molecule has 0 bridgehead atoms. The summed E-state index contributed by atoms with van der Waals surface area (Å²) in [5, 5.41) is 2.41. The first-order chi connectivity index (χ1) is 15.5. The number of carbonyl (C=O) groups is 1. The molecular weight excluding hydrogens is 402 g/mol. The van der Waals surface area contributed by atoms with E-state index in [1.54, 1.807) is 4.90 Å². The Labute approximate surface area is 188 Å². The minimum Gasteiger partial charge on any atom is -0.487 e. The molecule has 0 unspecified atom stereocenters. The molecule has 6 heteroatoms. The van der Waals surface area contributed by atoms with Gasteiger partial charge in [0.1, 0.15) is 11.4 Å². The summed E-state index contributed by atoms with van der Waals surface area (Å²) in [6.45, 7) is 5.53. The van der Waals surface area contributed by atoms with E-state index >= 15 is 0 Å². The molecule has 0 atom stereocenters. The quantitative estimate of drug-likeness (QED) is 0.583. The number of hydrogen-bond donors (Lipinski definition) is 1. The highest BCUT2D eigenvalue weighted by Crippen LogP contribution is 2.43. The van der Waals surface area contributed by atoms with Crippen molar-refractivity contribution in [3.05, 3.63) is 59.4 Å². The maximum atomic E-state index is 12.0. The Bertz CT molecular complexity index is 1180. The number of nitrogens with zero attached hydrogens (tertiary/aromatic N) is 2. The van der Waals surface area contributed by atoms with Crippen molar-refractivity contribution in [3.63, 3.8) is 0 Å². The van der Waals surface area contributed by atoms with Gasteiger partial charge in [-0.2, -0.15) is 0 Å². The number of likely N-dealkylation sites (tertiary alicyclic amines) is 1. The molecule has 0 aliphatic carbocycles. The number of hydroxylamine groups is 1. The van der Waals surface area contributed by atoms with Crippen molar-refractivity contribution in [3.8, 4) is 16.9 Å². The Morgan fingerprint density at radius 1 is 1.09 bits per heavy atom. The number of nitrogens with one attached hydrogen (secondary N) is 1. The zero-order chi connectivity index (χ0) is 22.3. The molecule has 2 aliphatic heterocycles. The summed E-state index contributed by atoms with van der Waals surface area (Å²) in [5.41, 5.74) is 8.16. The first-order valence-corrected chi connectivity index (χ1v) is 11.2. The summed E-state index contributed by atoms with van der Waals surface area (Å²) in [6.07, 6.45) is 5.51. The van der Waals surface area contributed by atoms with Crippen molar-refractivity contribution >= 4 is 16.8 Å². The number of rotatable bonds is 2. The van der Waals surface area contributed by atoms with E-state index in [0.717, 1.165) is 37.1 Å². The van der Waals surface area contributed by atoms with Crippen LogP contribution in [-0.4, -0.2) is 41.7 Å². The second-order valence-electron chi connectivity index (χ2n) is 9.00. The van der Waals surface area contributed by atoms with Gasteiger partial charge in [0.25, 0.3) is 0 Å². The molecule has 1 saturated heterocycles. The number of urea groups is 1. The number of aromatic nitrogens is 1. The van der Waals surface area contributed by atoms with Gasteiger partial charge in [-0.05, 0) is 78.6 Å². The predicted octanol–water partition coefficient (Wildman–Crippen LogP) is 4.95. The second kappa shape index (κ2) is 8.10. The highest BCUT2D eigenvalue weighted by atomic mass is 16.6. The lowest BCUT2D eigenvalue weighted by Gasteiger charge is -2.45. The molecule has 5 rings (SSSR count). The van der Waals surface area contributed by atoms with Crippen molar-refractivity contribution < 1.29 is 14.4 Å². The molecule has 2 amide bonds. The first kappa shape index (κ1) is 20.8. The van der Waals surface area contributed by atoms with Gasteiger partial charge >= 0.3 is 6.03 Å². The van der Waals surface area contributed by atoms with Gasteiger partial charge in [-0.25, -0.2) is 10.3 Å². The molecule has 2 aliphatic rings. The van der Waals surface area contributed by atoms with Crippen LogP contribution < -0.4 is 10.2 Å². The van der Waals surface area contributed by atoms with Crippen LogP contribution in [0.15, 0.2) is 42.6 Å². The van der Waals surface area contributed by atoms with Crippen LogP contribution in [-0.2, 0) is 11.3 Å². The molecule has 1 N–H and O–H groups in total. The summed E-state index contributed by atoms with van der Waals surface area (Å²) < 4.78 is 6.66. The Morgan fingerprint density at radius 3 is 2.69 bits per heavy atom. The number of hydrogen-bond acceptors (Lipinski definition) is 4. The van der Waals surface area contributed by atoms with Gasteiger partial charge in [0.05, 0.1) is 7.11 Å². The first-order valence-electron chi connectivity index (χ1n) is 11.2. The number of carbonyl (C=O) groups excluding carboxylic acids is 1. The average Bonchev–Trinajstić information content (AvgIpc) is 2.80. The maximum Gasteiger partial charge on any atom is 0.341 e. The van der Waals surface area contributed by atoms with E-state index in [1.165, 1.54) is 40.1 Å². The van der Waals surface area contributed by atoms with Crippen LogP contribution >= 0.6 is 0 Å².